The van der Waals surface area contributed by atoms with Gasteiger partial charge in [0.25, 0.3) is 0 Å². The van der Waals surface area contributed by atoms with Crippen molar-refractivity contribution < 1.29 is 9.47 Å². The Morgan fingerprint density at radius 1 is 1.20 bits per heavy atom. The molecule has 0 saturated carbocycles. The summed E-state index contributed by atoms with van der Waals surface area (Å²) in [6.45, 7) is 10.3. The molecule has 3 heteroatoms. The van der Waals surface area contributed by atoms with Crippen molar-refractivity contribution >= 4 is 0 Å². The van der Waals surface area contributed by atoms with Gasteiger partial charge in [0.15, 0.2) is 0 Å². The summed E-state index contributed by atoms with van der Waals surface area (Å²) in [5, 5.41) is 3.66. The lowest BCUT2D eigenvalue weighted by Crippen LogP contribution is -2.63. The van der Waals surface area contributed by atoms with E-state index < -0.39 is 0 Å². The average molecular weight is 213 g/mol. The predicted molar refractivity (Wildman–Crippen MR) is 59.8 cm³/mol. The molecule has 0 aromatic carbocycles. The van der Waals surface area contributed by atoms with Crippen LogP contribution in [0.1, 0.15) is 47.0 Å². The molecular formula is C12H23NO2. The quantitative estimate of drug-likeness (QED) is 0.723. The summed E-state index contributed by atoms with van der Waals surface area (Å²) in [7, 11) is 0. The Bertz CT molecular complexity index is 254. The van der Waals surface area contributed by atoms with E-state index in [1.807, 2.05) is 0 Å². The Balaban J connectivity index is 2.10. The summed E-state index contributed by atoms with van der Waals surface area (Å²) < 4.78 is 11.7. The van der Waals surface area contributed by atoms with Crippen molar-refractivity contribution in [2.24, 2.45) is 0 Å². The third kappa shape index (κ3) is 2.19. The lowest BCUT2D eigenvalue weighted by Gasteiger charge is -2.45. The maximum absolute atomic E-state index is 5.92. The fourth-order valence-electron chi connectivity index (χ4n) is 2.66. The molecule has 2 aliphatic rings. The number of ether oxygens (including phenoxy) is 2. The van der Waals surface area contributed by atoms with Crippen molar-refractivity contribution in [3.8, 4) is 0 Å². The van der Waals surface area contributed by atoms with Gasteiger partial charge in [-0.05, 0) is 33.6 Å². The van der Waals surface area contributed by atoms with Gasteiger partial charge in [-0.2, -0.15) is 0 Å². The van der Waals surface area contributed by atoms with E-state index in [9.17, 15) is 0 Å². The van der Waals surface area contributed by atoms with E-state index in [-0.39, 0.29) is 16.9 Å². The van der Waals surface area contributed by atoms with E-state index in [0.717, 1.165) is 25.9 Å². The van der Waals surface area contributed by atoms with Crippen LogP contribution in [0.25, 0.3) is 0 Å². The Kier molecular flexibility index (Phi) is 2.61. The highest BCUT2D eigenvalue weighted by Gasteiger charge is 2.50. The topological polar surface area (TPSA) is 30.5 Å². The molecule has 2 atom stereocenters. The molecule has 0 radical (unpaired) electrons. The summed E-state index contributed by atoms with van der Waals surface area (Å²) in [6.07, 6.45) is 3.17. The van der Waals surface area contributed by atoms with Crippen molar-refractivity contribution in [1.82, 2.24) is 5.32 Å². The first-order valence-electron chi connectivity index (χ1n) is 5.96. The molecule has 1 spiro atoms. The highest BCUT2D eigenvalue weighted by Crippen LogP contribution is 2.38. The van der Waals surface area contributed by atoms with Gasteiger partial charge in [0.1, 0.15) is 5.72 Å². The molecule has 0 bridgehead atoms. The Morgan fingerprint density at radius 3 is 2.47 bits per heavy atom. The van der Waals surface area contributed by atoms with Gasteiger partial charge in [0, 0.05) is 12.0 Å². The van der Waals surface area contributed by atoms with Crippen LogP contribution in [0.3, 0.4) is 0 Å². The Morgan fingerprint density at radius 2 is 1.93 bits per heavy atom. The molecule has 2 aliphatic heterocycles. The van der Waals surface area contributed by atoms with Crippen molar-refractivity contribution in [2.75, 3.05) is 13.2 Å². The van der Waals surface area contributed by atoms with Gasteiger partial charge in [-0.1, -0.05) is 6.92 Å². The van der Waals surface area contributed by atoms with Gasteiger partial charge in [0.05, 0.1) is 18.8 Å². The second-order valence-corrected chi connectivity index (χ2v) is 5.86. The Labute approximate surface area is 92.5 Å². The standard InChI is InChI=1S/C12H23NO2/c1-5-11(4)6-7-14-12(13-11)8-10(2,3)15-9-12/h13H,5-9H2,1-4H3. The zero-order chi connectivity index (χ0) is 11.2. The molecule has 0 aromatic rings. The largest absolute Gasteiger partial charge is 0.371 e. The van der Waals surface area contributed by atoms with Crippen LogP contribution < -0.4 is 5.32 Å². The lowest BCUT2D eigenvalue weighted by molar-refractivity contribution is -0.129. The van der Waals surface area contributed by atoms with Crippen LogP contribution in [0.4, 0.5) is 0 Å². The fraction of sp³-hybridized carbons (Fsp3) is 1.00. The van der Waals surface area contributed by atoms with Crippen LogP contribution in [-0.2, 0) is 9.47 Å². The molecular weight excluding hydrogens is 190 g/mol. The van der Waals surface area contributed by atoms with Crippen molar-refractivity contribution in [3.05, 3.63) is 0 Å². The molecule has 88 valence electrons. The van der Waals surface area contributed by atoms with Gasteiger partial charge in [-0.3, -0.25) is 5.32 Å². The molecule has 2 rings (SSSR count). The second-order valence-electron chi connectivity index (χ2n) is 5.86. The predicted octanol–water partition coefficient (Wildman–Crippen LogP) is 2.06. The van der Waals surface area contributed by atoms with Crippen LogP contribution in [0.5, 0.6) is 0 Å². The zero-order valence-electron chi connectivity index (χ0n) is 10.4. The highest BCUT2D eigenvalue weighted by molar-refractivity contribution is 5.00. The molecule has 0 aliphatic carbocycles. The molecule has 15 heavy (non-hydrogen) atoms. The molecule has 1 N–H and O–H groups in total. The number of hydrogen-bond acceptors (Lipinski definition) is 3. The molecule has 0 amide bonds. The molecule has 2 heterocycles. The maximum Gasteiger partial charge on any atom is 0.145 e. The molecule has 2 unspecified atom stereocenters. The number of hydrogen-bond donors (Lipinski definition) is 1. The molecule has 2 saturated heterocycles. The molecule has 0 aromatic heterocycles. The first kappa shape index (κ1) is 11.4. The maximum atomic E-state index is 5.92. The Hall–Kier alpha value is -0.120. The van der Waals surface area contributed by atoms with Crippen LogP contribution >= 0.6 is 0 Å². The summed E-state index contributed by atoms with van der Waals surface area (Å²) in [5.74, 6) is 0. The smallest absolute Gasteiger partial charge is 0.145 e. The third-order valence-electron chi connectivity index (χ3n) is 3.75. The summed E-state index contributed by atoms with van der Waals surface area (Å²) in [6, 6.07) is 0. The van der Waals surface area contributed by atoms with Crippen LogP contribution in [0.2, 0.25) is 0 Å². The van der Waals surface area contributed by atoms with Crippen molar-refractivity contribution in [2.45, 2.75) is 63.8 Å². The van der Waals surface area contributed by atoms with Gasteiger partial charge in [0.2, 0.25) is 0 Å². The van der Waals surface area contributed by atoms with E-state index in [1.54, 1.807) is 0 Å². The summed E-state index contributed by atoms with van der Waals surface area (Å²) in [4.78, 5) is 0. The molecule has 2 fully saturated rings. The van der Waals surface area contributed by atoms with Crippen molar-refractivity contribution in [1.29, 1.82) is 0 Å². The van der Waals surface area contributed by atoms with Crippen LogP contribution in [-0.4, -0.2) is 30.1 Å². The first-order valence-corrected chi connectivity index (χ1v) is 5.96. The first-order chi connectivity index (χ1) is 6.89. The number of rotatable bonds is 1. The van der Waals surface area contributed by atoms with Gasteiger partial charge < -0.3 is 9.47 Å². The van der Waals surface area contributed by atoms with Crippen molar-refractivity contribution in [3.63, 3.8) is 0 Å². The number of nitrogens with one attached hydrogen (secondary N) is 1. The minimum absolute atomic E-state index is 0.0566. The van der Waals surface area contributed by atoms with Crippen LogP contribution in [0, 0.1) is 0 Å². The molecule has 3 nitrogen and oxygen atoms in total. The average Bonchev–Trinajstić information content (AvgIpc) is 2.42. The highest BCUT2D eigenvalue weighted by atomic mass is 16.6. The lowest BCUT2D eigenvalue weighted by atomic mass is 9.89. The van der Waals surface area contributed by atoms with Crippen LogP contribution in [0.15, 0.2) is 0 Å². The van der Waals surface area contributed by atoms with E-state index in [4.69, 9.17) is 9.47 Å². The normalized spacial score (nSPS) is 44.8. The SMILES string of the molecule is CCC1(C)CCOC2(COC(C)(C)C2)N1. The monoisotopic (exact) mass is 213 g/mol. The van der Waals surface area contributed by atoms with E-state index in [1.165, 1.54) is 0 Å². The third-order valence-corrected chi connectivity index (χ3v) is 3.75. The van der Waals surface area contributed by atoms with Gasteiger partial charge >= 0.3 is 0 Å². The van der Waals surface area contributed by atoms with E-state index in [2.05, 4.69) is 33.0 Å². The minimum Gasteiger partial charge on any atom is -0.371 e. The van der Waals surface area contributed by atoms with E-state index >= 15 is 0 Å². The summed E-state index contributed by atoms with van der Waals surface area (Å²) in [5.41, 5.74) is -0.0759. The van der Waals surface area contributed by atoms with Gasteiger partial charge in [-0.15, -0.1) is 0 Å². The second kappa shape index (κ2) is 3.44. The summed E-state index contributed by atoms with van der Waals surface area (Å²) >= 11 is 0. The van der Waals surface area contributed by atoms with E-state index in [0.29, 0.717) is 6.61 Å². The fourth-order valence-corrected chi connectivity index (χ4v) is 2.66. The minimum atomic E-state index is -0.230. The van der Waals surface area contributed by atoms with Gasteiger partial charge in [-0.25, -0.2) is 0 Å². The zero-order valence-corrected chi connectivity index (χ0v) is 10.4.